The highest BCUT2D eigenvalue weighted by Crippen LogP contribution is 2.26. The third kappa shape index (κ3) is 7.92. The number of sulfonamides is 1. The molecule has 0 radical (unpaired) electrons. The molecule has 0 saturated carbocycles. The molecule has 3 amide bonds. The zero-order valence-corrected chi connectivity index (χ0v) is 23.6. The largest absolute Gasteiger partial charge is 0.480 e. The van der Waals surface area contributed by atoms with Crippen LogP contribution in [0.5, 0.6) is 0 Å². The van der Waals surface area contributed by atoms with Gasteiger partial charge in [0.15, 0.2) is 0 Å². The quantitative estimate of drug-likeness (QED) is 0.275. The number of carboxylic acids is 1. The highest BCUT2D eigenvalue weighted by molar-refractivity contribution is 7.89. The van der Waals surface area contributed by atoms with E-state index < -0.39 is 34.0 Å². The van der Waals surface area contributed by atoms with Crippen LogP contribution in [0.2, 0.25) is 0 Å². The fraction of sp³-hybridized carbons (Fsp3) is 0.300. The average molecular weight is 579 g/mol. The molecule has 0 aliphatic carbocycles. The van der Waals surface area contributed by atoms with E-state index in [9.17, 15) is 27.9 Å². The molecule has 1 fully saturated rings. The lowest BCUT2D eigenvalue weighted by molar-refractivity contribution is -0.142. The van der Waals surface area contributed by atoms with Crippen molar-refractivity contribution in [3.8, 4) is 0 Å². The van der Waals surface area contributed by atoms with Crippen molar-refractivity contribution in [2.24, 2.45) is 0 Å². The molecule has 11 heteroatoms. The van der Waals surface area contributed by atoms with Crippen molar-refractivity contribution in [1.82, 2.24) is 14.9 Å². The lowest BCUT2D eigenvalue weighted by atomic mass is 10.0. The summed E-state index contributed by atoms with van der Waals surface area (Å²) in [5.41, 5.74) is 3.19. The van der Waals surface area contributed by atoms with Crippen LogP contribution in [-0.4, -0.2) is 60.9 Å². The van der Waals surface area contributed by atoms with Crippen molar-refractivity contribution < 1.29 is 27.9 Å². The van der Waals surface area contributed by atoms with Crippen LogP contribution in [0.3, 0.4) is 0 Å². The number of nitrogens with zero attached hydrogens (tertiary/aromatic N) is 1. The molecule has 3 aromatic rings. The predicted octanol–water partition coefficient (Wildman–Crippen LogP) is 3.32. The number of aryl methyl sites for hydroxylation is 1. The van der Waals surface area contributed by atoms with Gasteiger partial charge in [0.05, 0.1) is 4.90 Å². The van der Waals surface area contributed by atoms with E-state index in [2.05, 4.69) is 16.0 Å². The van der Waals surface area contributed by atoms with Crippen LogP contribution >= 0.6 is 0 Å². The zero-order valence-electron chi connectivity index (χ0n) is 22.7. The lowest BCUT2D eigenvalue weighted by Crippen LogP contribution is -2.51. The van der Waals surface area contributed by atoms with Gasteiger partial charge in [0, 0.05) is 25.2 Å². The first kappa shape index (κ1) is 29.8. The number of amides is 3. The smallest absolute Gasteiger partial charge is 0.326 e. The van der Waals surface area contributed by atoms with Gasteiger partial charge in [-0.05, 0) is 61.6 Å². The van der Waals surface area contributed by atoms with E-state index in [0.29, 0.717) is 37.1 Å². The second-order valence-corrected chi connectivity index (χ2v) is 11.9. The number of carbonyl (C=O) groups excluding carboxylic acids is 2. The van der Waals surface area contributed by atoms with Crippen LogP contribution in [0.1, 0.15) is 29.5 Å². The van der Waals surface area contributed by atoms with Crippen LogP contribution < -0.4 is 16.0 Å². The van der Waals surface area contributed by atoms with Gasteiger partial charge in [-0.1, -0.05) is 60.2 Å². The number of urea groups is 1. The van der Waals surface area contributed by atoms with E-state index in [0.717, 1.165) is 15.4 Å². The second kappa shape index (κ2) is 13.4. The highest BCUT2D eigenvalue weighted by Gasteiger charge is 2.40. The molecule has 0 unspecified atom stereocenters. The molecule has 1 saturated heterocycles. The summed E-state index contributed by atoms with van der Waals surface area (Å²) in [4.78, 5) is 37.4. The number of benzene rings is 3. The Morgan fingerprint density at radius 1 is 0.951 bits per heavy atom. The predicted molar refractivity (Wildman–Crippen MR) is 155 cm³/mol. The van der Waals surface area contributed by atoms with Crippen molar-refractivity contribution in [2.45, 2.75) is 49.6 Å². The lowest BCUT2D eigenvalue weighted by Gasteiger charge is -2.25. The molecule has 2 atom stereocenters. The number of nitrogens with one attached hydrogen (secondary N) is 3. The number of aliphatic carboxylic acids is 1. The van der Waals surface area contributed by atoms with Gasteiger partial charge < -0.3 is 21.1 Å². The summed E-state index contributed by atoms with van der Waals surface area (Å²) in [6.45, 7) is 2.50. The fourth-order valence-corrected chi connectivity index (χ4v) is 6.36. The van der Waals surface area contributed by atoms with Gasteiger partial charge in [0.1, 0.15) is 12.1 Å². The van der Waals surface area contributed by atoms with Gasteiger partial charge in [0.25, 0.3) is 0 Å². The summed E-state index contributed by atoms with van der Waals surface area (Å²) in [6, 6.07) is 20.2. The van der Waals surface area contributed by atoms with Crippen molar-refractivity contribution in [2.75, 3.05) is 18.4 Å². The molecular weight excluding hydrogens is 544 g/mol. The van der Waals surface area contributed by atoms with Gasteiger partial charge in [-0.2, -0.15) is 4.31 Å². The zero-order chi connectivity index (χ0) is 29.4. The van der Waals surface area contributed by atoms with Crippen molar-refractivity contribution >= 4 is 33.6 Å². The summed E-state index contributed by atoms with van der Waals surface area (Å²) < 4.78 is 27.5. The maximum atomic E-state index is 13.2. The number of carboxylic acid groups (broad SMARTS) is 1. The van der Waals surface area contributed by atoms with E-state index in [1.807, 2.05) is 37.3 Å². The Balaban J connectivity index is 1.32. The highest BCUT2D eigenvalue weighted by atomic mass is 32.2. The Morgan fingerprint density at radius 3 is 2.29 bits per heavy atom. The summed E-state index contributed by atoms with van der Waals surface area (Å²) in [5.74, 6) is -1.87. The minimum atomic E-state index is -3.91. The van der Waals surface area contributed by atoms with Crippen LogP contribution in [0.15, 0.2) is 83.8 Å². The average Bonchev–Trinajstić information content (AvgIpc) is 3.46. The summed E-state index contributed by atoms with van der Waals surface area (Å²) in [5, 5.41) is 17.8. The Hall–Kier alpha value is -4.22. The molecule has 1 aliphatic rings. The first-order valence-electron chi connectivity index (χ1n) is 13.4. The minimum Gasteiger partial charge on any atom is -0.480 e. The second-order valence-electron chi connectivity index (χ2n) is 10.0. The molecule has 0 spiro atoms. The molecule has 1 heterocycles. The Bertz CT molecular complexity index is 1460. The van der Waals surface area contributed by atoms with E-state index >= 15 is 0 Å². The van der Waals surface area contributed by atoms with Crippen molar-refractivity contribution in [3.05, 3.63) is 95.6 Å². The van der Waals surface area contributed by atoms with Gasteiger partial charge >= 0.3 is 12.0 Å². The monoisotopic (exact) mass is 578 g/mol. The summed E-state index contributed by atoms with van der Waals surface area (Å²) >= 11 is 0. The van der Waals surface area contributed by atoms with Gasteiger partial charge in [-0.25, -0.2) is 18.0 Å². The van der Waals surface area contributed by atoms with Crippen LogP contribution in [0.4, 0.5) is 10.5 Å². The van der Waals surface area contributed by atoms with E-state index in [-0.39, 0.29) is 23.9 Å². The van der Waals surface area contributed by atoms with E-state index in [1.54, 1.807) is 36.4 Å². The Morgan fingerprint density at radius 2 is 1.63 bits per heavy atom. The van der Waals surface area contributed by atoms with Crippen LogP contribution in [0, 0.1) is 6.92 Å². The van der Waals surface area contributed by atoms with E-state index in [4.69, 9.17) is 0 Å². The van der Waals surface area contributed by atoms with Crippen molar-refractivity contribution in [3.63, 3.8) is 0 Å². The molecule has 10 nitrogen and oxygen atoms in total. The standard InChI is InChI=1S/C30H34N4O6S/c1-21-9-15-25(16-10-21)41(39,40)34-19-5-8-27(34)28(35)33-26(29(36)37)20-23-11-13-24(14-12-23)32-30(38)31-18-17-22-6-3-2-4-7-22/h2-4,6-7,9-16,26-27H,5,8,17-20H2,1H3,(H,33,35)(H,36,37)(H2,31,32,38)/t26-,27-/m0/s1. The third-order valence-corrected chi connectivity index (χ3v) is 8.86. The van der Waals surface area contributed by atoms with Crippen LogP contribution in [-0.2, 0) is 32.5 Å². The number of hydrogen-bond acceptors (Lipinski definition) is 5. The van der Waals surface area contributed by atoms with E-state index in [1.165, 1.54) is 12.1 Å². The third-order valence-electron chi connectivity index (χ3n) is 6.94. The number of rotatable bonds is 11. The fourth-order valence-electron chi connectivity index (χ4n) is 4.70. The number of hydrogen-bond donors (Lipinski definition) is 4. The molecule has 0 bridgehead atoms. The topological polar surface area (TPSA) is 145 Å². The molecule has 3 aromatic carbocycles. The Labute approximate surface area is 239 Å². The Kier molecular flexibility index (Phi) is 9.74. The van der Waals surface area contributed by atoms with Crippen LogP contribution in [0.25, 0.3) is 0 Å². The first-order valence-corrected chi connectivity index (χ1v) is 14.9. The van der Waals surface area contributed by atoms with Gasteiger partial charge in [-0.15, -0.1) is 0 Å². The number of anilines is 1. The van der Waals surface area contributed by atoms with Crippen molar-refractivity contribution in [1.29, 1.82) is 0 Å². The minimum absolute atomic E-state index is 0.0118. The maximum Gasteiger partial charge on any atom is 0.326 e. The summed E-state index contributed by atoms with van der Waals surface area (Å²) in [6.07, 6.45) is 1.49. The molecule has 4 N–H and O–H groups in total. The molecule has 216 valence electrons. The number of carbonyl (C=O) groups is 3. The molecule has 4 rings (SSSR count). The SMILES string of the molecule is Cc1ccc(S(=O)(=O)N2CCC[C@H]2C(=O)N[C@@H](Cc2ccc(NC(=O)NCCc3ccccc3)cc2)C(=O)O)cc1. The van der Waals surface area contributed by atoms with Gasteiger partial charge in [-0.3, -0.25) is 4.79 Å². The molecular formula is C30H34N4O6S. The molecule has 1 aliphatic heterocycles. The molecule has 41 heavy (non-hydrogen) atoms. The van der Waals surface area contributed by atoms with Gasteiger partial charge in [0.2, 0.25) is 15.9 Å². The first-order chi connectivity index (χ1) is 19.6. The normalized spacial score (nSPS) is 16.1. The molecule has 0 aromatic heterocycles. The summed E-state index contributed by atoms with van der Waals surface area (Å²) in [7, 11) is -3.91. The maximum absolute atomic E-state index is 13.2.